The van der Waals surface area contributed by atoms with E-state index in [4.69, 9.17) is 5.11 Å². The van der Waals surface area contributed by atoms with Crippen LogP contribution in [0.3, 0.4) is 0 Å². The second-order valence-electron chi connectivity index (χ2n) is 3.43. The third-order valence-corrected chi connectivity index (χ3v) is 2.23. The first-order chi connectivity index (χ1) is 5.75. The fraction of sp³-hybridized carbons (Fsp3) is 0.400. The maximum absolute atomic E-state index is 12.8. The molecule has 1 aromatic carbocycles. The van der Waals surface area contributed by atoms with E-state index in [1.165, 1.54) is 25.0 Å². The van der Waals surface area contributed by atoms with E-state index in [0.717, 1.165) is 17.9 Å². The zero-order valence-electron chi connectivity index (χ0n) is 6.76. The minimum Gasteiger partial charge on any atom is -0.505 e. The zero-order valence-corrected chi connectivity index (χ0v) is 6.76. The van der Waals surface area contributed by atoms with E-state index in [-0.39, 0.29) is 5.75 Å². The van der Waals surface area contributed by atoms with Crippen molar-refractivity contribution >= 4 is 0 Å². The van der Waals surface area contributed by atoms with Gasteiger partial charge in [-0.05, 0) is 42.9 Å². The maximum atomic E-state index is 12.8. The SMILES string of the molecule is Oc1ccc(CC2CC2)cc1F. The van der Waals surface area contributed by atoms with E-state index in [0.29, 0.717) is 0 Å². The molecule has 1 aliphatic carbocycles. The van der Waals surface area contributed by atoms with Crippen LogP contribution < -0.4 is 0 Å². The molecule has 64 valence electrons. The molecule has 1 aromatic rings. The topological polar surface area (TPSA) is 20.2 Å². The summed E-state index contributed by atoms with van der Waals surface area (Å²) in [6, 6.07) is 4.64. The summed E-state index contributed by atoms with van der Waals surface area (Å²) in [5.41, 5.74) is 0.993. The highest BCUT2D eigenvalue weighted by Crippen LogP contribution is 2.33. The summed E-state index contributed by atoms with van der Waals surface area (Å²) in [5.74, 6) is -0.00311. The Balaban J connectivity index is 2.15. The largest absolute Gasteiger partial charge is 0.505 e. The second kappa shape index (κ2) is 2.77. The van der Waals surface area contributed by atoms with Crippen LogP contribution in [0, 0.1) is 11.7 Å². The van der Waals surface area contributed by atoms with Gasteiger partial charge in [-0.3, -0.25) is 0 Å². The van der Waals surface area contributed by atoms with E-state index in [2.05, 4.69) is 0 Å². The molecule has 0 aromatic heterocycles. The van der Waals surface area contributed by atoms with Crippen LogP contribution in [0.15, 0.2) is 18.2 Å². The van der Waals surface area contributed by atoms with Crippen LogP contribution in [0.1, 0.15) is 18.4 Å². The summed E-state index contributed by atoms with van der Waals surface area (Å²) < 4.78 is 12.8. The molecule has 0 heterocycles. The average molecular weight is 166 g/mol. The lowest BCUT2D eigenvalue weighted by Gasteiger charge is -2.00. The zero-order chi connectivity index (χ0) is 8.55. The first-order valence-electron chi connectivity index (χ1n) is 4.23. The molecule has 1 nitrogen and oxygen atoms in total. The van der Waals surface area contributed by atoms with Crippen molar-refractivity contribution in [2.75, 3.05) is 0 Å². The molecule has 0 unspecified atom stereocenters. The molecule has 1 saturated carbocycles. The normalized spacial score (nSPS) is 16.4. The summed E-state index contributed by atoms with van der Waals surface area (Å²) in [4.78, 5) is 0. The number of rotatable bonds is 2. The summed E-state index contributed by atoms with van der Waals surface area (Å²) in [6.45, 7) is 0. The van der Waals surface area contributed by atoms with Crippen molar-refractivity contribution in [3.8, 4) is 5.75 Å². The highest BCUT2D eigenvalue weighted by atomic mass is 19.1. The molecule has 2 heteroatoms. The quantitative estimate of drug-likeness (QED) is 0.715. The smallest absolute Gasteiger partial charge is 0.165 e. The lowest BCUT2D eigenvalue weighted by molar-refractivity contribution is 0.431. The minimum absolute atomic E-state index is 0.255. The van der Waals surface area contributed by atoms with Crippen molar-refractivity contribution < 1.29 is 9.50 Å². The number of aromatic hydroxyl groups is 1. The van der Waals surface area contributed by atoms with Crippen molar-refractivity contribution in [3.63, 3.8) is 0 Å². The van der Waals surface area contributed by atoms with Crippen molar-refractivity contribution in [2.45, 2.75) is 19.3 Å². The Kier molecular flexibility index (Phi) is 1.75. The highest BCUT2D eigenvalue weighted by molar-refractivity contribution is 5.28. The number of hydrogen-bond acceptors (Lipinski definition) is 1. The first-order valence-corrected chi connectivity index (χ1v) is 4.23. The predicted octanol–water partition coefficient (Wildman–Crippen LogP) is 2.48. The maximum Gasteiger partial charge on any atom is 0.165 e. The highest BCUT2D eigenvalue weighted by Gasteiger charge is 2.21. The molecule has 1 fully saturated rings. The third-order valence-electron chi connectivity index (χ3n) is 2.23. The number of phenols is 1. The van der Waals surface area contributed by atoms with Gasteiger partial charge in [0.05, 0.1) is 0 Å². The van der Waals surface area contributed by atoms with Crippen LogP contribution in [-0.4, -0.2) is 5.11 Å². The standard InChI is InChI=1S/C10H11FO/c11-9-6-8(3-4-10(9)12)5-7-1-2-7/h3-4,6-7,12H,1-2,5H2. The van der Waals surface area contributed by atoms with Gasteiger partial charge in [-0.25, -0.2) is 4.39 Å². The minimum atomic E-state index is -0.506. The number of halogens is 1. The first kappa shape index (κ1) is 7.59. The monoisotopic (exact) mass is 166 g/mol. The molecule has 0 bridgehead atoms. The Labute approximate surface area is 70.8 Å². The summed E-state index contributed by atoms with van der Waals surface area (Å²) in [6.07, 6.45) is 3.49. The van der Waals surface area contributed by atoms with Gasteiger partial charge >= 0.3 is 0 Å². The Hall–Kier alpha value is -1.05. The van der Waals surface area contributed by atoms with Crippen LogP contribution in [0.5, 0.6) is 5.75 Å². The summed E-state index contributed by atoms with van der Waals surface area (Å²) in [5, 5.41) is 8.92. The van der Waals surface area contributed by atoms with Crippen LogP contribution in [-0.2, 0) is 6.42 Å². The van der Waals surface area contributed by atoms with Gasteiger partial charge in [0.25, 0.3) is 0 Å². The van der Waals surface area contributed by atoms with E-state index < -0.39 is 5.82 Å². The van der Waals surface area contributed by atoms with E-state index in [1.54, 1.807) is 6.07 Å². The van der Waals surface area contributed by atoms with Crippen LogP contribution in [0.25, 0.3) is 0 Å². The second-order valence-corrected chi connectivity index (χ2v) is 3.43. The van der Waals surface area contributed by atoms with Crippen molar-refractivity contribution in [1.29, 1.82) is 0 Å². The van der Waals surface area contributed by atoms with Crippen molar-refractivity contribution in [2.24, 2.45) is 5.92 Å². The molecule has 12 heavy (non-hydrogen) atoms. The molecule has 0 atom stereocenters. The molecule has 1 N–H and O–H groups in total. The Morgan fingerprint density at radius 3 is 2.75 bits per heavy atom. The van der Waals surface area contributed by atoms with E-state index >= 15 is 0 Å². The van der Waals surface area contributed by atoms with E-state index in [9.17, 15) is 4.39 Å². The van der Waals surface area contributed by atoms with Gasteiger partial charge in [-0.1, -0.05) is 6.07 Å². The number of phenolic OH excluding ortho intramolecular Hbond substituents is 1. The summed E-state index contributed by atoms with van der Waals surface area (Å²) >= 11 is 0. The fourth-order valence-corrected chi connectivity index (χ4v) is 1.33. The van der Waals surface area contributed by atoms with Crippen molar-refractivity contribution in [3.05, 3.63) is 29.6 Å². The molecule has 0 aliphatic heterocycles. The van der Waals surface area contributed by atoms with Gasteiger partial charge in [0.1, 0.15) is 0 Å². The lowest BCUT2D eigenvalue weighted by Crippen LogP contribution is -1.87. The predicted molar refractivity (Wildman–Crippen MR) is 44.5 cm³/mol. The van der Waals surface area contributed by atoms with Crippen LogP contribution >= 0.6 is 0 Å². The fourth-order valence-electron chi connectivity index (χ4n) is 1.33. The lowest BCUT2D eigenvalue weighted by atomic mass is 10.1. The van der Waals surface area contributed by atoms with Gasteiger partial charge in [-0.2, -0.15) is 0 Å². The number of benzene rings is 1. The molecular formula is C10H11FO. The van der Waals surface area contributed by atoms with Crippen LogP contribution in [0.2, 0.25) is 0 Å². The summed E-state index contributed by atoms with van der Waals surface area (Å²) in [7, 11) is 0. The van der Waals surface area contributed by atoms with Crippen molar-refractivity contribution in [1.82, 2.24) is 0 Å². The molecule has 1 aliphatic rings. The third kappa shape index (κ3) is 1.58. The molecular weight excluding hydrogens is 155 g/mol. The van der Waals surface area contributed by atoms with Gasteiger partial charge in [0.15, 0.2) is 11.6 Å². The molecule has 0 radical (unpaired) electrons. The Morgan fingerprint density at radius 1 is 1.42 bits per heavy atom. The molecule has 0 saturated heterocycles. The number of hydrogen-bond donors (Lipinski definition) is 1. The Bertz CT molecular complexity index is 292. The molecule has 0 spiro atoms. The molecule has 2 rings (SSSR count). The van der Waals surface area contributed by atoms with E-state index in [1.807, 2.05) is 0 Å². The van der Waals surface area contributed by atoms with Gasteiger partial charge in [0, 0.05) is 0 Å². The van der Waals surface area contributed by atoms with Gasteiger partial charge in [0.2, 0.25) is 0 Å². The van der Waals surface area contributed by atoms with Crippen LogP contribution in [0.4, 0.5) is 4.39 Å². The van der Waals surface area contributed by atoms with Gasteiger partial charge < -0.3 is 5.11 Å². The molecule has 0 amide bonds. The average Bonchev–Trinajstić information content (AvgIpc) is 2.81. The van der Waals surface area contributed by atoms with Gasteiger partial charge in [-0.15, -0.1) is 0 Å². The Morgan fingerprint density at radius 2 is 2.17 bits per heavy atom.